The highest BCUT2D eigenvalue weighted by molar-refractivity contribution is 4.92. The van der Waals surface area contributed by atoms with Gasteiger partial charge in [0.1, 0.15) is 0 Å². The van der Waals surface area contributed by atoms with Gasteiger partial charge in [0.05, 0.1) is 12.2 Å². The largest absolute Gasteiger partial charge is 0.309 e. The molecule has 1 aliphatic heterocycles. The van der Waals surface area contributed by atoms with Gasteiger partial charge in [-0.1, -0.05) is 19.1 Å². The van der Waals surface area contributed by atoms with Crippen LogP contribution in [-0.2, 0) is 13.1 Å². The summed E-state index contributed by atoms with van der Waals surface area (Å²) in [4.78, 5) is 4.89. The molecule has 0 saturated carbocycles. The lowest BCUT2D eigenvalue weighted by atomic mass is 10.0. The molecule has 0 atom stereocenters. The van der Waals surface area contributed by atoms with Crippen LogP contribution in [0.2, 0.25) is 0 Å². The molecule has 1 N–H and O–H groups in total. The molecule has 0 bridgehead atoms. The third-order valence-electron chi connectivity index (χ3n) is 4.21. The number of nitrogens with zero attached hydrogens (tertiary/aromatic N) is 5. The minimum atomic E-state index is 0.480. The van der Waals surface area contributed by atoms with Crippen molar-refractivity contribution in [3.63, 3.8) is 0 Å². The van der Waals surface area contributed by atoms with E-state index in [2.05, 4.69) is 59.6 Å². The lowest BCUT2D eigenvalue weighted by Gasteiger charge is -2.35. The number of aromatic nitrogens is 3. The summed E-state index contributed by atoms with van der Waals surface area (Å²) in [5, 5.41) is 11.8. The van der Waals surface area contributed by atoms with E-state index in [1.165, 1.54) is 25.9 Å². The van der Waals surface area contributed by atoms with Gasteiger partial charge < -0.3 is 15.1 Å². The summed E-state index contributed by atoms with van der Waals surface area (Å²) < 4.78 is 1.97. The van der Waals surface area contributed by atoms with E-state index >= 15 is 0 Å². The van der Waals surface area contributed by atoms with E-state index in [1.54, 1.807) is 0 Å². The molecule has 1 aliphatic rings. The van der Waals surface area contributed by atoms with Gasteiger partial charge in [0.15, 0.2) is 0 Å². The summed E-state index contributed by atoms with van der Waals surface area (Å²) in [7, 11) is 4.37. The Balaban J connectivity index is 1.69. The van der Waals surface area contributed by atoms with E-state index in [4.69, 9.17) is 0 Å². The monoisotopic (exact) mass is 294 g/mol. The lowest BCUT2D eigenvalue weighted by molar-refractivity contribution is 0.140. The van der Waals surface area contributed by atoms with Crippen LogP contribution in [-0.4, -0.2) is 70.6 Å². The number of rotatable bonds is 7. The number of piperidine rings is 1. The fraction of sp³-hybridized carbons (Fsp3) is 0.867. The molecule has 1 fully saturated rings. The Morgan fingerprint density at radius 3 is 2.62 bits per heavy atom. The predicted octanol–water partition coefficient (Wildman–Crippen LogP) is 0.802. The van der Waals surface area contributed by atoms with Gasteiger partial charge >= 0.3 is 0 Å². The van der Waals surface area contributed by atoms with Gasteiger partial charge in [-0.05, 0) is 40.0 Å². The fourth-order valence-electron chi connectivity index (χ4n) is 2.74. The second-order valence-electron chi connectivity index (χ2n) is 6.54. The van der Waals surface area contributed by atoms with E-state index < -0.39 is 0 Å². The van der Waals surface area contributed by atoms with Gasteiger partial charge in [-0.3, -0.25) is 4.68 Å². The molecule has 0 aromatic carbocycles. The molecule has 0 amide bonds. The van der Waals surface area contributed by atoms with Crippen molar-refractivity contribution in [2.24, 2.45) is 0 Å². The van der Waals surface area contributed by atoms with Gasteiger partial charge in [0.2, 0.25) is 0 Å². The Morgan fingerprint density at radius 2 is 2.00 bits per heavy atom. The average Bonchev–Trinajstić information content (AvgIpc) is 2.91. The molecule has 120 valence electrons. The Labute approximate surface area is 128 Å². The summed E-state index contributed by atoms with van der Waals surface area (Å²) in [6.07, 6.45) is 4.60. The van der Waals surface area contributed by atoms with E-state index in [9.17, 15) is 0 Å². The van der Waals surface area contributed by atoms with Crippen molar-refractivity contribution in [1.82, 2.24) is 30.1 Å². The first-order valence-corrected chi connectivity index (χ1v) is 8.05. The first-order chi connectivity index (χ1) is 10.0. The molecular formula is C15H30N6. The van der Waals surface area contributed by atoms with Crippen molar-refractivity contribution in [2.45, 2.75) is 51.9 Å². The predicted molar refractivity (Wildman–Crippen MR) is 85.1 cm³/mol. The number of hydrogen-bond acceptors (Lipinski definition) is 5. The summed E-state index contributed by atoms with van der Waals surface area (Å²) in [6.45, 7) is 9.47. The van der Waals surface area contributed by atoms with Crippen molar-refractivity contribution in [3.8, 4) is 0 Å². The third kappa shape index (κ3) is 5.37. The average molecular weight is 294 g/mol. The zero-order valence-corrected chi connectivity index (χ0v) is 13.9. The molecule has 1 saturated heterocycles. The molecule has 0 aliphatic carbocycles. The quantitative estimate of drug-likeness (QED) is 0.806. The summed E-state index contributed by atoms with van der Waals surface area (Å²) in [6, 6.07) is 1.23. The molecule has 2 heterocycles. The van der Waals surface area contributed by atoms with Gasteiger partial charge in [0.25, 0.3) is 0 Å². The zero-order valence-electron chi connectivity index (χ0n) is 13.9. The summed E-state index contributed by atoms with van der Waals surface area (Å²) >= 11 is 0. The van der Waals surface area contributed by atoms with Crippen molar-refractivity contribution in [3.05, 3.63) is 11.9 Å². The van der Waals surface area contributed by atoms with Crippen LogP contribution in [0, 0.1) is 0 Å². The van der Waals surface area contributed by atoms with Gasteiger partial charge in [-0.15, -0.1) is 5.10 Å². The normalized spacial score (nSPS) is 18.0. The molecule has 21 heavy (non-hydrogen) atoms. The van der Waals surface area contributed by atoms with Crippen LogP contribution in [0.1, 0.15) is 32.4 Å². The maximum absolute atomic E-state index is 4.21. The van der Waals surface area contributed by atoms with Crippen LogP contribution in [0.15, 0.2) is 6.20 Å². The standard InChI is InChI=1S/C15H30N6/c1-13(2)16-11-14-12-21(18-17-14)10-9-20-7-5-15(6-8-20)19(3)4/h12-13,15-16H,5-11H2,1-4H3. The smallest absolute Gasteiger partial charge is 0.0964 e. The maximum Gasteiger partial charge on any atom is 0.0964 e. The zero-order chi connectivity index (χ0) is 15.2. The highest BCUT2D eigenvalue weighted by Gasteiger charge is 2.20. The molecule has 1 aromatic heterocycles. The second-order valence-corrected chi connectivity index (χ2v) is 6.54. The Bertz CT molecular complexity index is 406. The molecule has 0 radical (unpaired) electrons. The lowest BCUT2D eigenvalue weighted by Crippen LogP contribution is -2.42. The van der Waals surface area contributed by atoms with Crippen LogP contribution >= 0.6 is 0 Å². The van der Waals surface area contributed by atoms with Gasteiger partial charge in [-0.25, -0.2) is 0 Å². The minimum Gasteiger partial charge on any atom is -0.309 e. The van der Waals surface area contributed by atoms with Gasteiger partial charge in [0, 0.05) is 31.4 Å². The first-order valence-electron chi connectivity index (χ1n) is 8.05. The van der Waals surface area contributed by atoms with Crippen LogP contribution in [0.25, 0.3) is 0 Å². The Morgan fingerprint density at radius 1 is 1.29 bits per heavy atom. The number of nitrogens with one attached hydrogen (secondary N) is 1. The van der Waals surface area contributed by atoms with Crippen LogP contribution in [0.3, 0.4) is 0 Å². The molecule has 1 aromatic rings. The Kier molecular flexibility index (Phi) is 6.14. The molecule has 0 spiro atoms. The summed E-state index contributed by atoms with van der Waals surface area (Å²) in [5.74, 6) is 0. The molecular weight excluding hydrogens is 264 g/mol. The van der Waals surface area contributed by atoms with Crippen molar-refractivity contribution in [2.75, 3.05) is 33.7 Å². The van der Waals surface area contributed by atoms with E-state index in [0.29, 0.717) is 6.04 Å². The van der Waals surface area contributed by atoms with E-state index in [0.717, 1.165) is 31.4 Å². The summed E-state index contributed by atoms with van der Waals surface area (Å²) in [5.41, 5.74) is 1.02. The van der Waals surface area contributed by atoms with E-state index in [1.807, 2.05) is 4.68 Å². The Hall–Kier alpha value is -0.980. The minimum absolute atomic E-state index is 0.480. The van der Waals surface area contributed by atoms with Gasteiger partial charge in [-0.2, -0.15) is 0 Å². The number of hydrogen-bond donors (Lipinski definition) is 1. The molecule has 0 unspecified atom stereocenters. The second kappa shape index (κ2) is 7.87. The topological polar surface area (TPSA) is 49.2 Å². The fourth-order valence-corrected chi connectivity index (χ4v) is 2.74. The van der Waals surface area contributed by atoms with E-state index in [-0.39, 0.29) is 0 Å². The molecule has 6 heteroatoms. The number of likely N-dealkylation sites (tertiary alicyclic amines) is 1. The van der Waals surface area contributed by atoms with Crippen molar-refractivity contribution in [1.29, 1.82) is 0 Å². The highest BCUT2D eigenvalue weighted by Crippen LogP contribution is 2.13. The van der Waals surface area contributed by atoms with Crippen LogP contribution in [0.4, 0.5) is 0 Å². The molecule has 6 nitrogen and oxygen atoms in total. The maximum atomic E-state index is 4.21. The van der Waals surface area contributed by atoms with Crippen molar-refractivity contribution >= 4 is 0 Å². The molecule has 2 rings (SSSR count). The first kappa shape index (κ1) is 16.4. The SMILES string of the molecule is CC(C)NCc1cn(CCN2CCC(N(C)C)CC2)nn1. The van der Waals surface area contributed by atoms with Crippen molar-refractivity contribution < 1.29 is 0 Å². The highest BCUT2D eigenvalue weighted by atomic mass is 15.4. The van der Waals surface area contributed by atoms with Crippen LogP contribution < -0.4 is 5.32 Å². The van der Waals surface area contributed by atoms with Crippen LogP contribution in [0.5, 0.6) is 0 Å². The third-order valence-corrected chi connectivity index (χ3v) is 4.21.